The van der Waals surface area contributed by atoms with Crippen LogP contribution in [0.3, 0.4) is 0 Å². The standard InChI is InChI=1S/C10H17NS/c1-4-8(2)10-6-5-9(12-10)7-11-3/h5-6,8,11H,4,7H2,1-3H3. The molecule has 0 aromatic carbocycles. The number of hydrogen-bond acceptors (Lipinski definition) is 2. The lowest BCUT2D eigenvalue weighted by Gasteiger charge is -2.03. The van der Waals surface area contributed by atoms with Crippen LogP contribution in [0.25, 0.3) is 0 Å². The fourth-order valence-corrected chi connectivity index (χ4v) is 2.29. The summed E-state index contributed by atoms with van der Waals surface area (Å²) in [6.45, 7) is 5.53. The molecule has 1 N–H and O–H groups in total. The first-order valence-electron chi connectivity index (χ1n) is 4.51. The smallest absolute Gasteiger partial charge is 0.0296 e. The van der Waals surface area contributed by atoms with Crippen LogP contribution in [-0.2, 0) is 6.54 Å². The van der Waals surface area contributed by atoms with Crippen LogP contribution in [0.15, 0.2) is 12.1 Å². The summed E-state index contributed by atoms with van der Waals surface area (Å²) in [5, 5.41) is 3.16. The van der Waals surface area contributed by atoms with Crippen molar-refractivity contribution in [2.24, 2.45) is 0 Å². The Labute approximate surface area is 78.8 Å². The van der Waals surface area contributed by atoms with Gasteiger partial charge in [0.1, 0.15) is 0 Å². The molecule has 12 heavy (non-hydrogen) atoms. The molecule has 1 unspecified atom stereocenters. The van der Waals surface area contributed by atoms with Crippen molar-refractivity contribution in [1.29, 1.82) is 0 Å². The van der Waals surface area contributed by atoms with Gasteiger partial charge in [0, 0.05) is 16.3 Å². The van der Waals surface area contributed by atoms with E-state index in [0.29, 0.717) is 0 Å². The molecule has 0 radical (unpaired) electrons. The van der Waals surface area contributed by atoms with Gasteiger partial charge in [-0.25, -0.2) is 0 Å². The van der Waals surface area contributed by atoms with E-state index in [1.165, 1.54) is 16.2 Å². The Kier molecular flexibility index (Phi) is 3.76. The van der Waals surface area contributed by atoms with E-state index < -0.39 is 0 Å². The Balaban J connectivity index is 2.63. The fraction of sp³-hybridized carbons (Fsp3) is 0.600. The Hall–Kier alpha value is -0.340. The Morgan fingerprint density at radius 1 is 1.50 bits per heavy atom. The van der Waals surface area contributed by atoms with Gasteiger partial charge in [0.05, 0.1) is 0 Å². The van der Waals surface area contributed by atoms with Crippen LogP contribution in [-0.4, -0.2) is 7.05 Å². The van der Waals surface area contributed by atoms with Crippen molar-refractivity contribution >= 4 is 11.3 Å². The van der Waals surface area contributed by atoms with Gasteiger partial charge in [-0.15, -0.1) is 11.3 Å². The topological polar surface area (TPSA) is 12.0 Å². The van der Waals surface area contributed by atoms with E-state index in [-0.39, 0.29) is 0 Å². The summed E-state index contributed by atoms with van der Waals surface area (Å²) in [7, 11) is 1.99. The molecule has 1 rings (SSSR count). The quantitative estimate of drug-likeness (QED) is 0.756. The lowest BCUT2D eigenvalue weighted by molar-refractivity contribution is 0.748. The normalized spacial score (nSPS) is 13.2. The van der Waals surface area contributed by atoms with Gasteiger partial charge in [0.25, 0.3) is 0 Å². The third-order valence-electron chi connectivity index (χ3n) is 2.13. The summed E-state index contributed by atoms with van der Waals surface area (Å²) in [6, 6.07) is 4.48. The largest absolute Gasteiger partial charge is 0.315 e. The van der Waals surface area contributed by atoms with Crippen LogP contribution in [0.5, 0.6) is 0 Å². The summed E-state index contributed by atoms with van der Waals surface area (Å²) in [5.41, 5.74) is 0. The zero-order chi connectivity index (χ0) is 8.97. The molecule has 0 aliphatic rings. The Morgan fingerprint density at radius 3 is 2.83 bits per heavy atom. The molecule has 0 saturated carbocycles. The minimum Gasteiger partial charge on any atom is -0.315 e. The summed E-state index contributed by atoms with van der Waals surface area (Å²) in [6.07, 6.45) is 1.24. The maximum absolute atomic E-state index is 3.16. The van der Waals surface area contributed by atoms with Crippen LogP contribution in [0.1, 0.15) is 35.9 Å². The van der Waals surface area contributed by atoms with Gasteiger partial charge in [0.2, 0.25) is 0 Å². The van der Waals surface area contributed by atoms with E-state index in [1.54, 1.807) is 0 Å². The molecule has 1 aromatic rings. The molecule has 0 aliphatic carbocycles. The Bertz CT molecular complexity index is 229. The molecule has 0 spiro atoms. The first kappa shape index (κ1) is 9.75. The van der Waals surface area contributed by atoms with Gasteiger partial charge < -0.3 is 5.32 Å². The SMILES string of the molecule is CCC(C)c1ccc(CNC)s1. The van der Waals surface area contributed by atoms with Gasteiger partial charge in [0.15, 0.2) is 0 Å². The molecule has 2 heteroatoms. The highest BCUT2D eigenvalue weighted by atomic mass is 32.1. The van der Waals surface area contributed by atoms with E-state index in [9.17, 15) is 0 Å². The van der Waals surface area contributed by atoms with Crippen molar-refractivity contribution in [3.05, 3.63) is 21.9 Å². The van der Waals surface area contributed by atoms with Crippen molar-refractivity contribution in [1.82, 2.24) is 5.32 Å². The average molecular weight is 183 g/mol. The maximum atomic E-state index is 3.16. The van der Waals surface area contributed by atoms with Crippen LogP contribution < -0.4 is 5.32 Å². The predicted molar refractivity (Wildman–Crippen MR) is 55.8 cm³/mol. The highest BCUT2D eigenvalue weighted by Gasteiger charge is 2.05. The van der Waals surface area contributed by atoms with Gasteiger partial charge in [-0.1, -0.05) is 13.8 Å². The first-order valence-corrected chi connectivity index (χ1v) is 5.32. The third kappa shape index (κ3) is 2.32. The summed E-state index contributed by atoms with van der Waals surface area (Å²) in [5.74, 6) is 0.723. The number of thiophene rings is 1. The van der Waals surface area contributed by atoms with Crippen LogP contribution in [0.4, 0.5) is 0 Å². The first-order chi connectivity index (χ1) is 5.77. The zero-order valence-corrected chi connectivity index (χ0v) is 8.87. The average Bonchev–Trinajstić information content (AvgIpc) is 2.52. The molecular weight excluding hydrogens is 166 g/mol. The number of rotatable bonds is 4. The van der Waals surface area contributed by atoms with Gasteiger partial charge >= 0.3 is 0 Å². The molecule has 1 aromatic heterocycles. The van der Waals surface area contributed by atoms with Crippen molar-refractivity contribution in [2.75, 3.05) is 7.05 Å². The Morgan fingerprint density at radius 2 is 2.25 bits per heavy atom. The summed E-state index contributed by atoms with van der Waals surface area (Å²) < 4.78 is 0. The van der Waals surface area contributed by atoms with Crippen molar-refractivity contribution in [3.63, 3.8) is 0 Å². The molecule has 0 saturated heterocycles. The third-order valence-corrected chi connectivity index (χ3v) is 3.45. The van der Waals surface area contributed by atoms with Gasteiger partial charge in [-0.2, -0.15) is 0 Å². The van der Waals surface area contributed by atoms with Crippen molar-refractivity contribution < 1.29 is 0 Å². The molecule has 0 aliphatic heterocycles. The molecule has 1 heterocycles. The molecule has 1 atom stereocenters. The summed E-state index contributed by atoms with van der Waals surface area (Å²) in [4.78, 5) is 2.95. The summed E-state index contributed by atoms with van der Waals surface area (Å²) >= 11 is 1.93. The molecular formula is C10H17NS. The molecule has 0 amide bonds. The van der Waals surface area contributed by atoms with Gasteiger partial charge in [-0.3, -0.25) is 0 Å². The van der Waals surface area contributed by atoms with Crippen LogP contribution >= 0.6 is 11.3 Å². The number of nitrogens with one attached hydrogen (secondary N) is 1. The lowest BCUT2D eigenvalue weighted by atomic mass is 10.1. The second-order valence-electron chi connectivity index (χ2n) is 3.14. The van der Waals surface area contributed by atoms with E-state index in [2.05, 4.69) is 31.3 Å². The second-order valence-corrected chi connectivity index (χ2v) is 4.34. The zero-order valence-electron chi connectivity index (χ0n) is 8.05. The minimum absolute atomic E-state index is 0.723. The van der Waals surface area contributed by atoms with Crippen molar-refractivity contribution in [2.45, 2.75) is 32.7 Å². The van der Waals surface area contributed by atoms with Gasteiger partial charge in [-0.05, 0) is 31.5 Å². The fourth-order valence-electron chi connectivity index (χ4n) is 1.13. The second kappa shape index (κ2) is 4.63. The maximum Gasteiger partial charge on any atom is 0.0296 e. The monoisotopic (exact) mass is 183 g/mol. The number of hydrogen-bond donors (Lipinski definition) is 1. The molecule has 0 bridgehead atoms. The molecule has 0 fully saturated rings. The molecule has 1 nitrogen and oxygen atoms in total. The molecule has 68 valence electrons. The highest BCUT2D eigenvalue weighted by molar-refractivity contribution is 7.12. The van der Waals surface area contributed by atoms with E-state index >= 15 is 0 Å². The minimum atomic E-state index is 0.723. The van der Waals surface area contributed by atoms with E-state index in [4.69, 9.17) is 0 Å². The van der Waals surface area contributed by atoms with Crippen LogP contribution in [0.2, 0.25) is 0 Å². The van der Waals surface area contributed by atoms with E-state index in [1.807, 2.05) is 18.4 Å². The van der Waals surface area contributed by atoms with Crippen molar-refractivity contribution in [3.8, 4) is 0 Å². The van der Waals surface area contributed by atoms with E-state index in [0.717, 1.165) is 12.5 Å². The van der Waals surface area contributed by atoms with Crippen LogP contribution in [0, 0.1) is 0 Å². The predicted octanol–water partition coefficient (Wildman–Crippen LogP) is 2.98. The lowest BCUT2D eigenvalue weighted by Crippen LogP contribution is -2.02. The highest BCUT2D eigenvalue weighted by Crippen LogP contribution is 2.26.